The monoisotopic (exact) mass is 347 g/mol. The van der Waals surface area contributed by atoms with Crippen LogP contribution in [0.25, 0.3) is 0 Å². The zero-order valence-electron chi connectivity index (χ0n) is 14.7. The maximum atomic E-state index is 12.1. The van der Waals surface area contributed by atoms with E-state index in [9.17, 15) is 9.59 Å². The first-order chi connectivity index (χ1) is 10.7. The van der Waals surface area contributed by atoms with Crippen LogP contribution in [0.15, 0.2) is 0 Å². The third-order valence-electron chi connectivity index (χ3n) is 4.18. The van der Waals surface area contributed by atoms with Crippen LogP contribution >= 0.6 is 12.4 Å². The summed E-state index contributed by atoms with van der Waals surface area (Å²) in [5, 5.41) is 6.34. The molecule has 1 heterocycles. The summed E-state index contributed by atoms with van der Waals surface area (Å²) >= 11 is 0. The Morgan fingerprint density at radius 2 is 1.87 bits per heavy atom. The van der Waals surface area contributed by atoms with Crippen LogP contribution < -0.4 is 10.6 Å². The molecule has 1 saturated heterocycles. The lowest BCUT2D eigenvalue weighted by Crippen LogP contribution is -2.35. The van der Waals surface area contributed by atoms with Crippen molar-refractivity contribution in [2.75, 3.05) is 32.7 Å². The van der Waals surface area contributed by atoms with E-state index in [-0.39, 0.29) is 24.2 Å². The third kappa shape index (κ3) is 9.82. The van der Waals surface area contributed by atoms with Crippen LogP contribution in [-0.4, -0.2) is 49.4 Å². The molecule has 1 fully saturated rings. The fraction of sp³-hybridized carbons (Fsp3) is 0.882. The van der Waals surface area contributed by atoms with Crippen molar-refractivity contribution in [1.29, 1.82) is 0 Å². The fourth-order valence-electron chi connectivity index (χ4n) is 2.95. The zero-order valence-corrected chi connectivity index (χ0v) is 15.6. The van der Waals surface area contributed by atoms with E-state index in [1.807, 2.05) is 4.90 Å². The van der Waals surface area contributed by atoms with Gasteiger partial charge in [-0.15, -0.1) is 12.4 Å². The molecule has 136 valence electrons. The van der Waals surface area contributed by atoms with Crippen LogP contribution in [0.4, 0.5) is 0 Å². The van der Waals surface area contributed by atoms with Crippen molar-refractivity contribution < 1.29 is 9.59 Å². The molecule has 5 nitrogen and oxygen atoms in total. The Morgan fingerprint density at radius 1 is 1.17 bits per heavy atom. The number of rotatable bonds is 10. The van der Waals surface area contributed by atoms with Gasteiger partial charge in [-0.25, -0.2) is 0 Å². The molecule has 0 bridgehead atoms. The van der Waals surface area contributed by atoms with Gasteiger partial charge >= 0.3 is 0 Å². The van der Waals surface area contributed by atoms with Crippen LogP contribution in [0, 0.1) is 5.92 Å². The normalized spacial score (nSPS) is 17.2. The van der Waals surface area contributed by atoms with Gasteiger partial charge in [0.25, 0.3) is 0 Å². The zero-order chi connectivity index (χ0) is 16.2. The summed E-state index contributed by atoms with van der Waals surface area (Å²) in [4.78, 5) is 25.8. The topological polar surface area (TPSA) is 61.4 Å². The van der Waals surface area contributed by atoms with Crippen LogP contribution in [0.2, 0.25) is 0 Å². The molecule has 1 aliphatic rings. The second-order valence-electron chi connectivity index (χ2n) is 6.23. The first kappa shape index (κ1) is 22.2. The van der Waals surface area contributed by atoms with Gasteiger partial charge in [0.2, 0.25) is 11.8 Å². The second-order valence-corrected chi connectivity index (χ2v) is 6.23. The van der Waals surface area contributed by atoms with Crippen molar-refractivity contribution in [2.45, 2.75) is 58.8 Å². The Balaban J connectivity index is 0.00000484. The Kier molecular flexibility index (Phi) is 13.1. The molecule has 0 spiro atoms. The quantitative estimate of drug-likeness (QED) is 0.637. The lowest BCUT2D eigenvalue weighted by molar-refractivity contribution is -0.133. The largest absolute Gasteiger partial charge is 0.356 e. The van der Waals surface area contributed by atoms with E-state index in [1.54, 1.807) is 0 Å². The number of hydrogen-bond acceptors (Lipinski definition) is 3. The van der Waals surface area contributed by atoms with Gasteiger partial charge in [-0.3, -0.25) is 9.59 Å². The molecular formula is C17H34ClN3O2. The highest BCUT2D eigenvalue weighted by Crippen LogP contribution is 2.12. The predicted molar refractivity (Wildman–Crippen MR) is 96.9 cm³/mol. The van der Waals surface area contributed by atoms with Crippen LogP contribution in [0.1, 0.15) is 58.8 Å². The third-order valence-corrected chi connectivity index (χ3v) is 4.18. The summed E-state index contributed by atoms with van der Waals surface area (Å²) in [7, 11) is 0. The molecule has 0 aromatic carbocycles. The van der Waals surface area contributed by atoms with Gasteiger partial charge in [0.1, 0.15) is 0 Å². The highest BCUT2D eigenvalue weighted by Gasteiger charge is 2.15. The number of amides is 2. The average molecular weight is 348 g/mol. The summed E-state index contributed by atoms with van der Waals surface area (Å²) < 4.78 is 0. The fourth-order valence-corrected chi connectivity index (χ4v) is 2.95. The number of nitrogens with zero attached hydrogens (tertiary/aromatic N) is 1. The Hall–Kier alpha value is -0.810. The van der Waals surface area contributed by atoms with Crippen LogP contribution in [-0.2, 0) is 9.59 Å². The second kappa shape index (κ2) is 13.6. The maximum absolute atomic E-state index is 12.1. The molecule has 23 heavy (non-hydrogen) atoms. The van der Waals surface area contributed by atoms with Gasteiger partial charge in [0.05, 0.1) is 0 Å². The molecule has 1 atom stereocenters. The highest BCUT2D eigenvalue weighted by atomic mass is 35.5. The highest BCUT2D eigenvalue weighted by molar-refractivity contribution is 5.85. The van der Waals surface area contributed by atoms with E-state index in [0.717, 1.165) is 52.0 Å². The summed E-state index contributed by atoms with van der Waals surface area (Å²) in [5.74, 6) is 0.792. The number of piperidine rings is 1. The Labute approximate surface area is 147 Å². The van der Waals surface area contributed by atoms with Gasteiger partial charge < -0.3 is 15.5 Å². The Bertz CT molecular complexity index is 328. The molecule has 0 radical (unpaired) electrons. The van der Waals surface area contributed by atoms with E-state index in [1.165, 1.54) is 12.8 Å². The molecule has 6 heteroatoms. The minimum atomic E-state index is 0. The van der Waals surface area contributed by atoms with Gasteiger partial charge in [0.15, 0.2) is 0 Å². The maximum Gasteiger partial charge on any atom is 0.223 e. The molecular weight excluding hydrogens is 314 g/mol. The number of carbonyl (C=O) groups excluding carboxylic acids is 2. The molecule has 0 aromatic heterocycles. The average Bonchev–Trinajstić information content (AvgIpc) is 2.53. The van der Waals surface area contributed by atoms with Gasteiger partial charge in [-0.2, -0.15) is 0 Å². The van der Waals surface area contributed by atoms with Crippen molar-refractivity contribution in [3.05, 3.63) is 0 Å². The van der Waals surface area contributed by atoms with Crippen molar-refractivity contribution in [1.82, 2.24) is 15.5 Å². The number of nitrogens with one attached hydrogen (secondary N) is 2. The summed E-state index contributed by atoms with van der Waals surface area (Å²) in [6.45, 7) is 8.65. The summed E-state index contributed by atoms with van der Waals surface area (Å²) in [6, 6.07) is 0. The van der Waals surface area contributed by atoms with E-state index in [0.29, 0.717) is 18.8 Å². The first-order valence-corrected chi connectivity index (χ1v) is 8.92. The van der Waals surface area contributed by atoms with Crippen molar-refractivity contribution in [3.63, 3.8) is 0 Å². The van der Waals surface area contributed by atoms with E-state index < -0.39 is 0 Å². The molecule has 1 unspecified atom stereocenters. The van der Waals surface area contributed by atoms with Crippen LogP contribution in [0.3, 0.4) is 0 Å². The number of carbonyl (C=O) groups is 2. The molecule has 0 aliphatic carbocycles. The summed E-state index contributed by atoms with van der Waals surface area (Å²) in [6.07, 6.45) is 6.09. The van der Waals surface area contributed by atoms with E-state index >= 15 is 0 Å². The van der Waals surface area contributed by atoms with E-state index in [2.05, 4.69) is 24.5 Å². The van der Waals surface area contributed by atoms with Crippen LogP contribution in [0.5, 0.6) is 0 Å². The molecule has 2 N–H and O–H groups in total. The minimum absolute atomic E-state index is 0. The Morgan fingerprint density at radius 3 is 2.43 bits per heavy atom. The van der Waals surface area contributed by atoms with Crippen molar-refractivity contribution in [3.8, 4) is 0 Å². The molecule has 0 saturated carbocycles. The predicted octanol–water partition coefficient (Wildman–Crippen LogP) is 2.34. The lowest BCUT2D eigenvalue weighted by Gasteiger charge is -2.23. The number of hydrogen-bond donors (Lipinski definition) is 2. The SMILES string of the molecule is CCCN(CCC)C(=O)CCC(=O)NCCC1CCCNC1.Cl. The number of halogens is 1. The van der Waals surface area contributed by atoms with Gasteiger partial charge in [-0.05, 0) is 51.1 Å². The molecule has 1 rings (SSSR count). The minimum Gasteiger partial charge on any atom is -0.356 e. The molecule has 1 aliphatic heterocycles. The van der Waals surface area contributed by atoms with Crippen molar-refractivity contribution >= 4 is 24.2 Å². The molecule has 2 amide bonds. The standard InChI is InChI=1S/C17H33N3O2.ClH/c1-3-12-20(13-4-2)17(22)8-7-16(21)19-11-9-15-6-5-10-18-14-15;/h15,18H,3-14H2,1-2H3,(H,19,21);1H. The van der Waals surface area contributed by atoms with E-state index in [4.69, 9.17) is 0 Å². The molecule has 0 aromatic rings. The smallest absolute Gasteiger partial charge is 0.223 e. The van der Waals surface area contributed by atoms with Gasteiger partial charge in [0, 0.05) is 32.5 Å². The van der Waals surface area contributed by atoms with Gasteiger partial charge in [-0.1, -0.05) is 13.8 Å². The first-order valence-electron chi connectivity index (χ1n) is 8.92. The lowest BCUT2D eigenvalue weighted by atomic mass is 9.96. The van der Waals surface area contributed by atoms with Crippen molar-refractivity contribution in [2.24, 2.45) is 5.92 Å². The summed E-state index contributed by atoms with van der Waals surface area (Å²) in [5.41, 5.74) is 0.